The molecule has 32 heavy (non-hydrogen) atoms. The molecule has 1 saturated heterocycles. The van der Waals surface area contributed by atoms with Gasteiger partial charge in [0.25, 0.3) is 0 Å². The molecule has 7 nitrogen and oxygen atoms in total. The number of carbonyl (C=O) groups is 1. The van der Waals surface area contributed by atoms with Crippen LogP contribution in [0, 0.1) is 17.8 Å². The minimum atomic E-state index is -3.44. The van der Waals surface area contributed by atoms with Crippen LogP contribution in [0.5, 0.6) is 0 Å². The molecule has 6 atom stereocenters. The summed E-state index contributed by atoms with van der Waals surface area (Å²) in [6, 6.07) is -0.0244. The number of piperidine rings is 1. The van der Waals surface area contributed by atoms with Crippen molar-refractivity contribution in [3.8, 4) is 0 Å². The SMILES string of the molecule is C=CS(=O)(=O)NC1CCN(C(=O)CNC2CC(C3CCCC(C)C3)C(Cl)CC2OC)CC1. The molecular formula is C23H40ClN3O4S. The molecule has 0 aromatic carbocycles. The Kier molecular flexibility index (Phi) is 9.44. The number of hydrogen-bond acceptors (Lipinski definition) is 5. The number of alkyl halides is 1. The van der Waals surface area contributed by atoms with E-state index in [-0.39, 0.29) is 36.0 Å². The summed E-state index contributed by atoms with van der Waals surface area (Å²) < 4.78 is 31.7. The van der Waals surface area contributed by atoms with E-state index in [0.29, 0.717) is 37.8 Å². The van der Waals surface area contributed by atoms with Gasteiger partial charge in [-0.15, -0.1) is 11.6 Å². The predicted molar refractivity (Wildman–Crippen MR) is 128 cm³/mol. The summed E-state index contributed by atoms with van der Waals surface area (Å²) in [5, 5.41) is 4.53. The summed E-state index contributed by atoms with van der Waals surface area (Å²) >= 11 is 6.82. The van der Waals surface area contributed by atoms with E-state index in [4.69, 9.17) is 16.3 Å². The Morgan fingerprint density at radius 2 is 1.91 bits per heavy atom. The number of halogens is 1. The van der Waals surface area contributed by atoms with Gasteiger partial charge >= 0.3 is 0 Å². The van der Waals surface area contributed by atoms with Crippen LogP contribution < -0.4 is 10.0 Å². The van der Waals surface area contributed by atoms with E-state index in [1.54, 1.807) is 7.11 Å². The van der Waals surface area contributed by atoms with E-state index in [0.717, 1.165) is 24.2 Å². The maximum Gasteiger partial charge on any atom is 0.236 e. The van der Waals surface area contributed by atoms with Gasteiger partial charge in [0.2, 0.25) is 15.9 Å². The van der Waals surface area contributed by atoms with Crippen LogP contribution in [0.4, 0.5) is 0 Å². The first kappa shape index (κ1) is 25.9. The molecule has 9 heteroatoms. The van der Waals surface area contributed by atoms with Crippen LogP contribution in [0.3, 0.4) is 0 Å². The smallest absolute Gasteiger partial charge is 0.236 e. The number of methoxy groups -OCH3 is 1. The number of likely N-dealkylation sites (tertiary alicyclic amines) is 1. The summed E-state index contributed by atoms with van der Waals surface area (Å²) in [6.45, 7) is 7.04. The standard InChI is InChI=1S/C23H40ClN3O4S/c1-4-32(29,30)26-18-8-10-27(11-9-18)23(28)15-25-21-13-19(20(24)14-22(21)31-3)17-7-5-6-16(2)12-17/h4,16-22,25-26H,1,5-15H2,2-3H3. The maximum absolute atomic E-state index is 12.8. The maximum atomic E-state index is 12.8. The zero-order chi connectivity index (χ0) is 23.3. The predicted octanol–water partition coefficient (Wildman–Crippen LogP) is 2.86. The highest BCUT2D eigenvalue weighted by molar-refractivity contribution is 7.92. The molecule has 6 unspecified atom stereocenters. The lowest BCUT2D eigenvalue weighted by Gasteiger charge is -2.44. The van der Waals surface area contributed by atoms with Crippen molar-refractivity contribution in [1.82, 2.24) is 14.9 Å². The van der Waals surface area contributed by atoms with Crippen LogP contribution in [-0.4, -0.2) is 69.5 Å². The second kappa shape index (κ2) is 11.6. The van der Waals surface area contributed by atoms with Crippen molar-refractivity contribution in [3.63, 3.8) is 0 Å². The van der Waals surface area contributed by atoms with Crippen LogP contribution in [0.2, 0.25) is 0 Å². The summed E-state index contributed by atoms with van der Waals surface area (Å²) in [4.78, 5) is 14.6. The van der Waals surface area contributed by atoms with Crippen molar-refractivity contribution in [2.45, 2.75) is 81.9 Å². The Hall–Kier alpha value is -0.670. The van der Waals surface area contributed by atoms with Crippen LogP contribution >= 0.6 is 11.6 Å². The highest BCUT2D eigenvalue weighted by Crippen LogP contribution is 2.42. The molecule has 2 N–H and O–H groups in total. The third-order valence-corrected chi connectivity index (χ3v) is 9.30. The fourth-order valence-corrected chi connectivity index (χ4v) is 7.12. The van der Waals surface area contributed by atoms with Gasteiger partial charge in [-0.1, -0.05) is 32.8 Å². The van der Waals surface area contributed by atoms with E-state index >= 15 is 0 Å². The van der Waals surface area contributed by atoms with E-state index in [9.17, 15) is 13.2 Å². The molecule has 0 spiro atoms. The quantitative estimate of drug-likeness (QED) is 0.512. The molecular weight excluding hydrogens is 450 g/mol. The second-order valence-electron chi connectivity index (χ2n) is 9.93. The Labute approximate surface area is 198 Å². The van der Waals surface area contributed by atoms with Gasteiger partial charge in [0.1, 0.15) is 0 Å². The first-order chi connectivity index (χ1) is 15.2. The van der Waals surface area contributed by atoms with Crippen LogP contribution in [0.1, 0.15) is 58.3 Å². The van der Waals surface area contributed by atoms with Crippen molar-refractivity contribution >= 4 is 27.5 Å². The number of amides is 1. The van der Waals surface area contributed by atoms with Crippen LogP contribution in [-0.2, 0) is 19.6 Å². The van der Waals surface area contributed by atoms with Crippen molar-refractivity contribution in [1.29, 1.82) is 0 Å². The van der Waals surface area contributed by atoms with Gasteiger partial charge in [-0.25, -0.2) is 13.1 Å². The lowest BCUT2D eigenvalue weighted by Crippen LogP contribution is -2.54. The fourth-order valence-electron chi connectivity index (χ4n) is 5.84. The third kappa shape index (κ3) is 6.92. The number of ether oxygens (including phenoxy) is 1. The van der Waals surface area contributed by atoms with E-state index < -0.39 is 10.0 Å². The van der Waals surface area contributed by atoms with Crippen LogP contribution in [0.15, 0.2) is 12.0 Å². The minimum absolute atomic E-state index is 0.0154. The largest absolute Gasteiger partial charge is 0.380 e. The monoisotopic (exact) mass is 489 g/mol. The average Bonchev–Trinajstić information content (AvgIpc) is 2.78. The molecule has 3 rings (SSSR count). The molecule has 0 radical (unpaired) electrons. The molecule has 2 aliphatic carbocycles. The van der Waals surface area contributed by atoms with Crippen LogP contribution in [0.25, 0.3) is 0 Å². The molecule has 3 aliphatic rings. The highest BCUT2D eigenvalue weighted by atomic mass is 35.5. The van der Waals surface area contributed by atoms with Gasteiger partial charge in [-0.05, 0) is 49.9 Å². The normalized spacial score (nSPS) is 34.9. The van der Waals surface area contributed by atoms with Gasteiger partial charge in [0, 0.05) is 43.1 Å². The second-order valence-corrected chi connectivity index (χ2v) is 12.1. The van der Waals surface area contributed by atoms with E-state index in [1.165, 1.54) is 25.7 Å². The number of nitrogens with zero attached hydrogens (tertiary/aromatic N) is 1. The van der Waals surface area contributed by atoms with Gasteiger partial charge in [0.15, 0.2) is 0 Å². The number of carbonyl (C=O) groups excluding carboxylic acids is 1. The number of hydrogen-bond donors (Lipinski definition) is 2. The van der Waals surface area contributed by atoms with Gasteiger partial charge in [0.05, 0.1) is 12.6 Å². The molecule has 3 fully saturated rings. The van der Waals surface area contributed by atoms with Crippen molar-refractivity contribution in [2.75, 3.05) is 26.7 Å². The molecule has 2 saturated carbocycles. The molecule has 184 valence electrons. The Bertz CT molecular complexity index is 742. The Morgan fingerprint density at radius 3 is 2.53 bits per heavy atom. The number of nitrogens with one attached hydrogen (secondary N) is 2. The lowest BCUT2D eigenvalue weighted by molar-refractivity contribution is -0.131. The molecule has 1 amide bonds. The molecule has 0 aromatic rings. The summed E-state index contributed by atoms with van der Waals surface area (Å²) in [5.41, 5.74) is 0. The van der Waals surface area contributed by atoms with Gasteiger partial charge in [-0.2, -0.15) is 0 Å². The topological polar surface area (TPSA) is 87.7 Å². The fraction of sp³-hybridized carbons (Fsp3) is 0.870. The Balaban J connectivity index is 1.49. The Morgan fingerprint density at radius 1 is 1.19 bits per heavy atom. The summed E-state index contributed by atoms with van der Waals surface area (Å²) in [5.74, 6) is 1.95. The zero-order valence-corrected chi connectivity index (χ0v) is 21.0. The van der Waals surface area contributed by atoms with Crippen molar-refractivity contribution in [3.05, 3.63) is 12.0 Å². The van der Waals surface area contributed by atoms with E-state index in [2.05, 4.69) is 23.5 Å². The average molecular weight is 490 g/mol. The molecule has 1 aliphatic heterocycles. The molecule has 1 heterocycles. The first-order valence-corrected chi connectivity index (χ1v) is 14.0. The third-order valence-electron chi connectivity index (χ3n) is 7.70. The van der Waals surface area contributed by atoms with E-state index in [1.807, 2.05) is 4.90 Å². The summed E-state index contributed by atoms with van der Waals surface area (Å²) in [7, 11) is -1.71. The van der Waals surface area contributed by atoms with Crippen molar-refractivity contribution < 1.29 is 17.9 Å². The summed E-state index contributed by atoms with van der Waals surface area (Å²) in [6.07, 6.45) is 8.11. The zero-order valence-electron chi connectivity index (χ0n) is 19.5. The first-order valence-electron chi connectivity index (χ1n) is 12.0. The molecule has 0 bridgehead atoms. The minimum Gasteiger partial charge on any atom is -0.380 e. The van der Waals surface area contributed by atoms with Gasteiger partial charge in [-0.3, -0.25) is 4.79 Å². The molecule has 0 aromatic heterocycles. The number of sulfonamides is 1. The highest BCUT2D eigenvalue weighted by Gasteiger charge is 2.41. The van der Waals surface area contributed by atoms with Gasteiger partial charge < -0.3 is 15.0 Å². The number of rotatable bonds is 8. The lowest BCUT2D eigenvalue weighted by atomic mass is 9.69. The van der Waals surface area contributed by atoms with Crippen molar-refractivity contribution in [2.24, 2.45) is 17.8 Å².